The van der Waals surface area contributed by atoms with Gasteiger partial charge >= 0.3 is 7.48 Å². The number of hydrogen-bond donors (Lipinski definition) is 2. The van der Waals surface area contributed by atoms with E-state index < -0.39 is 11.2 Å². The van der Waals surface area contributed by atoms with Crippen LogP contribution in [0.15, 0.2) is 94.1 Å². The number of aliphatic hydroxyl groups is 1. The molecule has 0 saturated carbocycles. The molecular formula is C31H33BNO3. The first-order chi connectivity index (χ1) is 17.1. The molecule has 2 aromatic carbocycles. The monoisotopic (exact) mass is 478 g/mol. The van der Waals surface area contributed by atoms with Crippen LogP contribution in [-0.4, -0.2) is 23.8 Å². The Bertz CT molecular complexity index is 1340. The van der Waals surface area contributed by atoms with Gasteiger partial charge in [-0.25, -0.2) is 0 Å². The molecule has 0 bridgehead atoms. The zero-order chi connectivity index (χ0) is 25.3. The van der Waals surface area contributed by atoms with Crippen molar-refractivity contribution in [3.63, 3.8) is 0 Å². The van der Waals surface area contributed by atoms with Gasteiger partial charge in [0, 0.05) is 16.8 Å². The molecule has 4 aliphatic rings. The number of hydrogen-bond acceptors (Lipinski definition) is 4. The molecule has 0 aromatic heterocycles. The third-order valence-electron chi connectivity index (χ3n) is 8.60. The molecule has 0 amide bonds. The van der Waals surface area contributed by atoms with Crippen LogP contribution in [0.5, 0.6) is 11.5 Å². The van der Waals surface area contributed by atoms with Gasteiger partial charge in [-0.1, -0.05) is 42.5 Å². The third kappa shape index (κ3) is 3.22. The van der Waals surface area contributed by atoms with Gasteiger partial charge in [0.1, 0.15) is 11.5 Å². The van der Waals surface area contributed by atoms with Gasteiger partial charge in [0.15, 0.2) is 0 Å². The van der Waals surface area contributed by atoms with Crippen LogP contribution in [0.1, 0.15) is 64.5 Å². The summed E-state index contributed by atoms with van der Waals surface area (Å²) in [5.41, 5.74) is 13.9. The smallest absolute Gasteiger partial charge is 0.331 e. The van der Waals surface area contributed by atoms with Crippen molar-refractivity contribution >= 4 is 7.48 Å². The maximum Gasteiger partial charge on any atom is 0.331 e. The molecular weight excluding hydrogens is 445 g/mol. The fourth-order valence-electron chi connectivity index (χ4n) is 6.12. The minimum atomic E-state index is -0.995. The molecule has 0 unspecified atom stereocenters. The van der Waals surface area contributed by atoms with E-state index in [1.54, 1.807) is 13.8 Å². The van der Waals surface area contributed by atoms with Gasteiger partial charge in [0.2, 0.25) is 0 Å². The normalized spacial score (nSPS) is 20.1. The fourth-order valence-corrected chi connectivity index (χ4v) is 6.12. The van der Waals surface area contributed by atoms with Crippen LogP contribution in [0.25, 0.3) is 0 Å². The fraction of sp³-hybridized carbons (Fsp3) is 0.355. The van der Waals surface area contributed by atoms with Crippen LogP contribution >= 0.6 is 0 Å². The van der Waals surface area contributed by atoms with E-state index >= 15 is 0 Å². The maximum absolute atomic E-state index is 10.7. The first kappa shape index (κ1) is 23.4. The summed E-state index contributed by atoms with van der Waals surface area (Å²) < 4.78 is 12.7. The first-order valence-electron chi connectivity index (χ1n) is 12.9. The van der Waals surface area contributed by atoms with Crippen molar-refractivity contribution < 1.29 is 14.5 Å². The second-order valence-corrected chi connectivity index (χ2v) is 11.3. The molecule has 4 nitrogen and oxygen atoms in total. The van der Waals surface area contributed by atoms with Crippen molar-refractivity contribution in [1.29, 1.82) is 0 Å². The summed E-state index contributed by atoms with van der Waals surface area (Å²) in [7, 11) is 1.85. The standard InChI is InChI=1S/C31H33BNO3/c1-29(2,34)30(3,4)36-32-25-13-9-12-24-28(25)20-18-19(33)16-17-21(20)31(24)22-10-5-7-14-26(22)35-27-15-8-6-11-23(27)31/h5-8,10-11,13-15,18,34H,9,12,16-17,33H2,1-4H3. The van der Waals surface area contributed by atoms with E-state index in [9.17, 15) is 5.11 Å². The summed E-state index contributed by atoms with van der Waals surface area (Å²) in [6, 6.07) is 16.9. The lowest BCUT2D eigenvalue weighted by atomic mass is 9.61. The molecule has 183 valence electrons. The Morgan fingerprint density at radius 1 is 0.917 bits per heavy atom. The van der Waals surface area contributed by atoms with Crippen LogP contribution in [0.4, 0.5) is 0 Å². The molecule has 3 aliphatic carbocycles. The number of benzene rings is 2. The molecule has 1 spiro atoms. The average molecular weight is 478 g/mol. The number of para-hydroxylation sites is 2. The molecule has 5 heteroatoms. The summed E-state index contributed by atoms with van der Waals surface area (Å²) >= 11 is 0. The van der Waals surface area contributed by atoms with Crippen LogP contribution in [0.2, 0.25) is 0 Å². The molecule has 1 heterocycles. The van der Waals surface area contributed by atoms with E-state index in [0.29, 0.717) is 0 Å². The zero-order valence-corrected chi connectivity index (χ0v) is 21.5. The predicted octanol–water partition coefficient (Wildman–Crippen LogP) is 6.18. The van der Waals surface area contributed by atoms with Crippen LogP contribution < -0.4 is 10.5 Å². The topological polar surface area (TPSA) is 64.7 Å². The van der Waals surface area contributed by atoms with E-state index in [4.69, 9.17) is 15.1 Å². The zero-order valence-electron chi connectivity index (χ0n) is 21.5. The Balaban J connectivity index is 1.58. The minimum absolute atomic E-state index is 0.383. The number of ether oxygens (including phenoxy) is 1. The summed E-state index contributed by atoms with van der Waals surface area (Å²) in [4.78, 5) is 0. The third-order valence-corrected chi connectivity index (χ3v) is 8.60. The van der Waals surface area contributed by atoms with Gasteiger partial charge in [-0.3, -0.25) is 0 Å². The summed E-state index contributed by atoms with van der Waals surface area (Å²) in [6.07, 6.45) is 8.05. The van der Waals surface area contributed by atoms with Crippen LogP contribution in [0, 0.1) is 0 Å². The summed E-state index contributed by atoms with van der Waals surface area (Å²) in [5.74, 6) is 1.83. The highest BCUT2D eigenvalue weighted by atomic mass is 16.5. The Labute approximate surface area is 214 Å². The van der Waals surface area contributed by atoms with Crippen molar-refractivity contribution in [1.82, 2.24) is 0 Å². The lowest BCUT2D eigenvalue weighted by molar-refractivity contribution is -0.0896. The van der Waals surface area contributed by atoms with Gasteiger partial charge in [0.05, 0.1) is 16.6 Å². The Hall–Kier alpha value is -3.02. The summed E-state index contributed by atoms with van der Waals surface area (Å²) in [6.45, 7) is 7.41. The molecule has 2 aromatic rings. The lowest BCUT2D eigenvalue weighted by Gasteiger charge is -2.43. The largest absolute Gasteiger partial charge is 0.457 e. The van der Waals surface area contributed by atoms with Crippen LogP contribution in [0.3, 0.4) is 0 Å². The van der Waals surface area contributed by atoms with Crippen molar-refractivity contribution in [3.05, 3.63) is 105 Å². The second kappa shape index (κ2) is 7.99. The quantitative estimate of drug-likeness (QED) is 0.515. The predicted molar refractivity (Wildman–Crippen MR) is 144 cm³/mol. The van der Waals surface area contributed by atoms with Gasteiger partial charge in [-0.2, -0.15) is 0 Å². The molecule has 0 atom stereocenters. The van der Waals surface area contributed by atoms with Crippen molar-refractivity contribution in [2.24, 2.45) is 5.73 Å². The maximum atomic E-state index is 10.7. The lowest BCUT2D eigenvalue weighted by Crippen LogP contribution is -2.48. The van der Waals surface area contributed by atoms with Crippen molar-refractivity contribution in [2.45, 2.75) is 70.0 Å². The summed E-state index contributed by atoms with van der Waals surface area (Å²) in [5, 5.41) is 10.7. The minimum Gasteiger partial charge on any atom is -0.457 e. The number of nitrogens with two attached hydrogens (primary N) is 1. The SMILES string of the molecule is CC(C)(O)C(C)(C)O[B]C1=CCCC2=C1C1=C(CCC(N)=C1)C21c2ccccc2Oc2ccccc21. The molecule has 6 rings (SSSR count). The van der Waals surface area contributed by atoms with Gasteiger partial charge in [0.25, 0.3) is 0 Å². The highest BCUT2D eigenvalue weighted by Crippen LogP contribution is 2.64. The second-order valence-electron chi connectivity index (χ2n) is 11.3. The van der Waals surface area contributed by atoms with Crippen LogP contribution in [-0.2, 0) is 10.1 Å². The molecule has 3 N–H and O–H groups in total. The highest BCUT2D eigenvalue weighted by Gasteiger charge is 2.54. The van der Waals surface area contributed by atoms with E-state index in [2.05, 4.69) is 48.6 Å². The average Bonchev–Trinajstić information content (AvgIpc) is 3.13. The van der Waals surface area contributed by atoms with Crippen molar-refractivity contribution in [2.75, 3.05) is 0 Å². The number of allylic oxidation sites excluding steroid dienone is 8. The molecule has 0 fully saturated rings. The Kier molecular flexibility index (Phi) is 5.19. The van der Waals surface area contributed by atoms with E-state index in [1.807, 2.05) is 33.5 Å². The van der Waals surface area contributed by atoms with E-state index in [-0.39, 0.29) is 5.41 Å². The molecule has 1 radical (unpaired) electrons. The van der Waals surface area contributed by atoms with Gasteiger partial charge < -0.3 is 20.2 Å². The molecule has 0 saturated heterocycles. The molecule has 36 heavy (non-hydrogen) atoms. The first-order valence-corrected chi connectivity index (χ1v) is 12.9. The molecule has 1 aliphatic heterocycles. The van der Waals surface area contributed by atoms with E-state index in [0.717, 1.165) is 48.4 Å². The Morgan fingerprint density at radius 3 is 2.19 bits per heavy atom. The van der Waals surface area contributed by atoms with Gasteiger partial charge in [-0.15, -0.1) is 0 Å². The van der Waals surface area contributed by atoms with Crippen molar-refractivity contribution in [3.8, 4) is 11.5 Å². The highest BCUT2D eigenvalue weighted by molar-refractivity contribution is 6.41. The Morgan fingerprint density at radius 2 is 1.56 bits per heavy atom. The van der Waals surface area contributed by atoms with Gasteiger partial charge in [-0.05, 0) is 99.4 Å². The van der Waals surface area contributed by atoms with E-state index in [1.165, 1.54) is 33.4 Å². The number of rotatable bonds is 4. The number of fused-ring (bicyclic) bond motifs is 7.